The molecule has 1 aromatic heterocycles. The van der Waals surface area contributed by atoms with Crippen LogP contribution >= 0.6 is 0 Å². The Bertz CT molecular complexity index is 676. The number of nitrogen functional groups attached to an aromatic ring is 1. The van der Waals surface area contributed by atoms with Crippen LogP contribution in [0.25, 0.3) is 0 Å². The molecule has 0 spiro atoms. The maximum atomic E-state index is 12.6. The van der Waals surface area contributed by atoms with Gasteiger partial charge in [-0.3, -0.25) is 9.89 Å². The summed E-state index contributed by atoms with van der Waals surface area (Å²) in [5, 5.41) is 6.88. The first-order valence-corrected chi connectivity index (χ1v) is 7.19. The fourth-order valence-electron chi connectivity index (χ4n) is 2.61. The number of carbonyl (C=O) groups excluding carboxylic acids is 1. The Morgan fingerprint density at radius 1 is 1.43 bits per heavy atom. The third-order valence-electron chi connectivity index (χ3n) is 3.77. The number of carbonyl (C=O) groups is 1. The lowest BCUT2D eigenvalue weighted by Gasteiger charge is -2.29. The molecule has 3 rings (SSSR count). The number of benzene rings is 1. The minimum atomic E-state index is -0.176. The third-order valence-corrected chi connectivity index (χ3v) is 3.77. The number of nitrogens with zero attached hydrogens (tertiary/aromatic N) is 3. The monoisotopic (exact) mass is 285 g/mol. The molecule has 21 heavy (non-hydrogen) atoms. The van der Waals surface area contributed by atoms with Crippen LogP contribution in [-0.2, 0) is 6.42 Å². The Labute approximate surface area is 123 Å². The van der Waals surface area contributed by atoms with Gasteiger partial charge in [0, 0.05) is 23.8 Å². The summed E-state index contributed by atoms with van der Waals surface area (Å²) in [7, 11) is 0. The van der Waals surface area contributed by atoms with Crippen molar-refractivity contribution >= 4 is 17.3 Å². The molecular weight excluding hydrogens is 266 g/mol. The van der Waals surface area contributed by atoms with Gasteiger partial charge in [0.15, 0.2) is 0 Å². The van der Waals surface area contributed by atoms with E-state index in [9.17, 15) is 4.79 Å². The normalized spacial score (nSPS) is 14.3. The predicted molar refractivity (Wildman–Crippen MR) is 81.3 cm³/mol. The molecule has 1 aliphatic rings. The number of hydrogen-bond donors (Lipinski definition) is 2. The number of hydrogen-bond acceptors (Lipinski definition) is 4. The molecule has 2 heterocycles. The molecule has 0 unspecified atom stereocenters. The van der Waals surface area contributed by atoms with Gasteiger partial charge in [0.25, 0.3) is 5.91 Å². The number of aromatic nitrogens is 3. The van der Waals surface area contributed by atoms with E-state index in [-0.39, 0.29) is 17.6 Å². The van der Waals surface area contributed by atoms with Gasteiger partial charge in [0.05, 0.1) is 0 Å². The average Bonchev–Trinajstić information content (AvgIpc) is 2.96. The van der Waals surface area contributed by atoms with E-state index in [4.69, 9.17) is 5.73 Å². The van der Waals surface area contributed by atoms with Crippen LogP contribution in [0.4, 0.5) is 11.4 Å². The second kappa shape index (κ2) is 5.20. The third kappa shape index (κ3) is 2.37. The van der Waals surface area contributed by atoms with Crippen LogP contribution in [0.5, 0.6) is 0 Å². The maximum absolute atomic E-state index is 12.6. The molecule has 0 atom stereocenters. The first-order chi connectivity index (χ1) is 10.1. The number of amides is 1. The predicted octanol–water partition coefficient (Wildman–Crippen LogP) is 2.10. The topological polar surface area (TPSA) is 87.9 Å². The van der Waals surface area contributed by atoms with Crippen molar-refractivity contribution in [1.82, 2.24) is 15.2 Å². The summed E-state index contributed by atoms with van der Waals surface area (Å²) in [6, 6.07) is 5.67. The van der Waals surface area contributed by atoms with Gasteiger partial charge < -0.3 is 10.6 Å². The largest absolute Gasteiger partial charge is 0.398 e. The summed E-state index contributed by atoms with van der Waals surface area (Å²) in [5.74, 6) is 0.977. The Morgan fingerprint density at radius 2 is 2.24 bits per heavy atom. The number of nitrogens with two attached hydrogens (primary N) is 1. The van der Waals surface area contributed by atoms with Crippen molar-refractivity contribution in [1.29, 1.82) is 0 Å². The van der Waals surface area contributed by atoms with E-state index in [1.54, 1.807) is 4.90 Å². The highest BCUT2D eigenvalue weighted by molar-refractivity contribution is 6.04. The summed E-state index contributed by atoms with van der Waals surface area (Å²) in [6.07, 6.45) is 1.80. The quantitative estimate of drug-likeness (QED) is 0.827. The fourth-order valence-corrected chi connectivity index (χ4v) is 2.61. The lowest BCUT2D eigenvalue weighted by Crippen LogP contribution is -2.36. The first-order valence-electron chi connectivity index (χ1n) is 7.19. The summed E-state index contributed by atoms with van der Waals surface area (Å²) in [4.78, 5) is 18.7. The molecule has 0 aliphatic carbocycles. The van der Waals surface area contributed by atoms with E-state index in [0.29, 0.717) is 6.54 Å². The van der Waals surface area contributed by atoms with Crippen molar-refractivity contribution in [3.05, 3.63) is 35.4 Å². The van der Waals surface area contributed by atoms with E-state index in [0.717, 1.165) is 35.6 Å². The van der Waals surface area contributed by atoms with Crippen LogP contribution in [0.1, 0.15) is 48.2 Å². The minimum Gasteiger partial charge on any atom is -0.398 e. The van der Waals surface area contributed by atoms with Crippen molar-refractivity contribution in [3.8, 4) is 0 Å². The molecule has 0 bridgehead atoms. The van der Waals surface area contributed by atoms with Crippen LogP contribution in [0.3, 0.4) is 0 Å². The zero-order valence-electron chi connectivity index (χ0n) is 12.3. The van der Waals surface area contributed by atoms with E-state index in [1.165, 1.54) is 0 Å². The Morgan fingerprint density at radius 3 is 2.95 bits per heavy atom. The highest BCUT2D eigenvalue weighted by atomic mass is 16.2. The van der Waals surface area contributed by atoms with Gasteiger partial charge in [0.1, 0.15) is 5.82 Å². The molecule has 2 aromatic rings. The summed E-state index contributed by atoms with van der Waals surface area (Å²) in [5.41, 5.74) is 8.67. The molecule has 6 heteroatoms. The van der Waals surface area contributed by atoms with Gasteiger partial charge >= 0.3 is 0 Å². The smallest absolute Gasteiger partial charge is 0.297 e. The standard InChI is InChI=1S/C15H19N5O/c1-9(2)13-17-14(19-18-13)15(21)20-8-4-5-10-11(16)6-3-7-12(10)20/h3,6-7,9H,4-5,8,16H2,1-2H3,(H,17,18,19). The average molecular weight is 285 g/mol. The van der Waals surface area contributed by atoms with E-state index < -0.39 is 0 Å². The van der Waals surface area contributed by atoms with Gasteiger partial charge in [-0.15, -0.1) is 5.10 Å². The highest BCUT2D eigenvalue weighted by Crippen LogP contribution is 2.31. The zero-order valence-corrected chi connectivity index (χ0v) is 12.3. The number of fused-ring (bicyclic) bond motifs is 1. The molecular formula is C15H19N5O. The minimum absolute atomic E-state index is 0.176. The van der Waals surface area contributed by atoms with E-state index >= 15 is 0 Å². The van der Waals surface area contributed by atoms with Crippen LogP contribution in [0, 0.1) is 0 Å². The Hall–Kier alpha value is -2.37. The van der Waals surface area contributed by atoms with Gasteiger partial charge in [-0.25, -0.2) is 4.98 Å². The summed E-state index contributed by atoms with van der Waals surface area (Å²) < 4.78 is 0. The highest BCUT2D eigenvalue weighted by Gasteiger charge is 2.27. The maximum Gasteiger partial charge on any atom is 0.297 e. The summed E-state index contributed by atoms with van der Waals surface area (Å²) in [6.45, 7) is 4.68. The van der Waals surface area contributed by atoms with Crippen LogP contribution < -0.4 is 10.6 Å². The van der Waals surface area contributed by atoms with E-state index in [2.05, 4.69) is 15.2 Å². The van der Waals surface area contributed by atoms with Crippen LogP contribution in [0.2, 0.25) is 0 Å². The lowest BCUT2D eigenvalue weighted by atomic mass is 10.00. The molecule has 1 aromatic carbocycles. The van der Waals surface area contributed by atoms with Gasteiger partial charge in [0.2, 0.25) is 5.82 Å². The molecule has 0 saturated carbocycles. The number of H-pyrrole nitrogens is 1. The van der Waals surface area contributed by atoms with Crippen LogP contribution in [-0.4, -0.2) is 27.6 Å². The van der Waals surface area contributed by atoms with Crippen molar-refractivity contribution in [2.24, 2.45) is 0 Å². The molecule has 6 nitrogen and oxygen atoms in total. The lowest BCUT2D eigenvalue weighted by molar-refractivity contribution is 0.0975. The molecule has 0 saturated heterocycles. The fraction of sp³-hybridized carbons (Fsp3) is 0.400. The molecule has 0 radical (unpaired) electrons. The van der Waals surface area contributed by atoms with Gasteiger partial charge in [-0.05, 0) is 30.5 Å². The van der Waals surface area contributed by atoms with Crippen molar-refractivity contribution in [2.75, 3.05) is 17.2 Å². The summed E-state index contributed by atoms with van der Waals surface area (Å²) >= 11 is 0. The number of anilines is 2. The molecule has 1 amide bonds. The molecule has 3 N–H and O–H groups in total. The van der Waals surface area contributed by atoms with Crippen molar-refractivity contribution in [3.63, 3.8) is 0 Å². The number of rotatable bonds is 2. The number of nitrogens with one attached hydrogen (secondary N) is 1. The second-order valence-corrected chi connectivity index (χ2v) is 5.60. The van der Waals surface area contributed by atoms with Gasteiger partial charge in [-0.1, -0.05) is 19.9 Å². The van der Waals surface area contributed by atoms with Crippen molar-refractivity contribution < 1.29 is 4.79 Å². The first kappa shape index (κ1) is 13.6. The Kier molecular flexibility index (Phi) is 3.37. The van der Waals surface area contributed by atoms with Crippen molar-refractivity contribution in [2.45, 2.75) is 32.6 Å². The zero-order chi connectivity index (χ0) is 15.0. The Balaban J connectivity index is 1.94. The molecule has 0 fully saturated rings. The van der Waals surface area contributed by atoms with Crippen LogP contribution in [0.15, 0.2) is 18.2 Å². The molecule has 110 valence electrons. The van der Waals surface area contributed by atoms with E-state index in [1.807, 2.05) is 32.0 Å². The SMILES string of the molecule is CC(C)c1nc(C(=O)N2CCCc3c(N)cccc32)n[nH]1. The number of aromatic amines is 1. The molecule has 1 aliphatic heterocycles. The van der Waals surface area contributed by atoms with Gasteiger partial charge in [-0.2, -0.15) is 0 Å². The second-order valence-electron chi connectivity index (χ2n) is 5.60.